The molecule has 11 nitrogen and oxygen atoms in total. The van der Waals surface area contributed by atoms with Crippen LogP contribution in [0.25, 0.3) is 0 Å². The summed E-state index contributed by atoms with van der Waals surface area (Å²) < 4.78 is 65.4. The molecule has 3 N–H and O–H groups in total. The second kappa shape index (κ2) is 13.0. The molecule has 2 aliphatic heterocycles. The van der Waals surface area contributed by atoms with E-state index in [1.165, 1.54) is 26.4 Å². The summed E-state index contributed by atoms with van der Waals surface area (Å²) in [5.74, 6) is -2.82. The summed E-state index contributed by atoms with van der Waals surface area (Å²) in [6.45, 7) is 1.97. The van der Waals surface area contributed by atoms with Crippen molar-refractivity contribution in [3.8, 4) is 11.5 Å². The number of likely N-dealkylation sites (tertiary alicyclic amines) is 1. The summed E-state index contributed by atoms with van der Waals surface area (Å²) in [6, 6.07) is 4.38. The molecule has 2 aliphatic rings. The Morgan fingerprint density at radius 2 is 1.71 bits per heavy atom. The molecule has 1 spiro atoms. The third kappa shape index (κ3) is 7.05. The molecule has 2 saturated heterocycles. The van der Waals surface area contributed by atoms with Crippen molar-refractivity contribution in [2.45, 2.75) is 42.5 Å². The van der Waals surface area contributed by atoms with Crippen molar-refractivity contribution in [3.63, 3.8) is 0 Å². The molecule has 224 valence electrons. The number of nitrogens with zero attached hydrogens (tertiary/aromatic N) is 1. The lowest BCUT2D eigenvalue weighted by Gasteiger charge is -2.36. The van der Waals surface area contributed by atoms with Crippen LogP contribution >= 0.6 is 12.4 Å². The summed E-state index contributed by atoms with van der Waals surface area (Å²) in [6.07, 6.45) is 2.42. The fourth-order valence-corrected chi connectivity index (χ4v) is 5.91. The normalized spacial score (nSPS) is 16.5. The molecule has 2 fully saturated rings. The Hall–Kier alpha value is -3.49. The number of benzene rings is 2. The maximum absolute atomic E-state index is 13.6. The van der Waals surface area contributed by atoms with Crippen molar-refractivity contribution in [2.24, 2.45) is 0 Å². The van der Waals surface area contributed by atoms with Gasteiger partial charge in [-0.05, 0) is 56.5 Å². The van der Waals surface area contributed by atoms with Crippen LogP contribution in [0.5, 0.6) is 11.5 Å². The number of piperidine rings is 1. The minimum Gasteiger partial charge on any atom is -0.496 e. The molecular formula is C26H31ClF2N4O7S. The van der Waals surface area contributed by atoms with Crippen molar-refractivity contribution >= 4 is 45.8 Å². The number of ether oxygens (including phenoxy) is 2. The number of hydrogen-bond donors (Lipinski definition) is 3. The van der Waals surface area contributed by atoms with E-state index >= 15 is 0 Å². The minimum absolute atomic E-state index is 0. The molecule has 2 aromatic carbocycles. The monoisotopic (exact) mass is 616 g/mol. The maximum atomic E-state index is 13.6. The van der Waals surface area contributed by atoms with Crippen molar-refractivity contribution in [1.29, 1.82) is 0 Å². The van der Waals surface area contributed by atoms with Gasteiger partial charge in [-0.2, -0.15) is 0 Å². The number of anilines is 1. The van der Waals surface area contributed by atoms with E-state index in [0.717, 1.165) is 6.07 Å². The number of nitrogens with one attached hydrogen (secondary N) is 3. The number of halogens is 3. The molecule has 0 unspecified atom stereocenters. The first-order valence-corrected chi connectivity index (χ1v) is 14.1. The van der Waals surface area contributed by atoms with E-state index in [1.807, 2.05) is 0 Å². The highest BCUT2D eigenvalue weighted by atomic mass is 35.5. The van der Waals surface area contributed by atoms with Crippen LogP contribution in [0.4, 0.5) is 19.3 Å². The van der Waals surface area contributed by atoms with Crippen LogP contribution < -0.4 is 24.8 Å². The number of rotatable bonds is 11. The number of methoxy groups -OCH3 is 2. The smallest absolute Gasteiger partial charge is 0.322 e. The molecular weight excluding hydrogens is 586 g/mol. The number of unbranched alkanes of at least 4 members (excludes halogenated alkanes) is 1. The van der Waals surface area contributed by atoms with E-state index < -0.39 is 38.1 Å². The van der Waals surface area contributed by atoms with Crippen LogP contribution in [0, 0.1) is 11.6 Å². The Morgan fingerprint density at radius 3 is 2.29 bits per heavy atom. The van der Waals surface area contributed by atoms with Crippen LogP contribution in [0.2, 0.25) is 0 Å². The molecule has 0 atom stereocenters. The van der Waals surface area contributed by atoms with Crippen molar-refractivity contribution in [2.75, 3.05) is 38.6 Å². The van der Waals surface area contributed by atoms with Crippen LogP contribution in [0.15, 0.2) is 35.2 Å². The SMILES string of the molecule is COc1cc(OC)c(C(=O)CCCCN2CCC3(CC2)NC(=O)NC3=O)cc1NS(=O)(=O)c1ccc(F)c(F)c1.Cl. The number of Topliss-reactive ketones (excluding diaryl/α,β-unsaturated/α-hetero) is 1. The first-order valence-electron chi connectivity index (χ1n) is 12.6. The van der Waals surface area contributed by atoms with E-state index in [2.05, 4.69) is 20.3 Å². The Morgan fingerprint density at radius 1 is 1.02 bits per heavy atom. The molecule has 41 heavy (non-hydrogen) atoms. The topological polar surface area (TPSA) is 143 Å². The lowest BCUT2D eigenvalue weighted by Crippen LogP contribution is -2.54. The fraction of sp³-hybridized carbons (Fsp3) is 0.423. The predicted molar refractivity (Wildman–Crippen MR) is 147 cm³/mol. The van der Waals surface area contributed by atoms with Crippen molar-refractivity contribution in [1.82, 2.24) is 15.5 Å². The second-order valence-electron chi connectivity index (χ2n) is 9.65. The van der Waals surface area contributed by atoms with Crippen molar-refractivity contribution < 1.29 is 41.1 Å². The van der Waals surface area contributed by atoms with Gasteiger partial charge < -0.3 is 19.7 Å². The molecule has 0 bridgehead atoms. The number of carbonyl (C=O) groups is 3. The van der Waals surface area contributed by atoms with Crippen LogP contribution in [-0.2, 0) is 14.8 Å². The van der Waals surface area contributed by atoms with Crippen molar-refractivity contribution in [3.05, 3.63) is 47.5 Å². The number of ketones is 1. The van der Waals surface area contributed by atoms with Crippen LogP contribution in [0.1, 0.15) is 42.5 Å². The van der Waals surface area contributed by atoms with Gasteiger partial charge in [0.15, 0.2) is 17.4 Å². The lowest BCUT2D eigenvalue weighted by atomic mass is 9.87. The Labute approximate surface area is 242 Å². The van der Waals surface area contributed by atoms with Gasteiger partial charge >= 0.3 is 6.03 Å². The molecule has 0 radical (unpaired) electrons. The zero-order valence-corrected chi connectivity index (χ0v) is 24.1. The third-order valence-corrected chi connectivity index (χ3v) is 8.48. The first-order chi connectivity index (χ1) is 19.0. The summed E-state index contributed by atoms with van der Waals surface area (Å²) in [4.78, 5) is 38.4. The third-order valence-electron chi connectivity index (χ3n) is 7.12. The van der Waals surface area contributed by atoms with Gasteiger partial charge in [0.1, 0.15) is 17.0 Å². The molecule has 3 amide bonds. The second-order valence-corrected chi connectivity index (χ2v) is 11.3. The number of urea groups is 1. The van der Waals surface area contributed by atoms with E-state index in [4.69, 9.17) is 9.47 Å². The number of sulfonamides is 1. The van der Waals surface area contributed by atoms with Gasteiger partial charge in [-0.3, -0.25) is 19.6 Å². The molecule has 0 aromatic heterocycles. The zero-order valence-electron chi connectivity index (χ0n) is 22.4. The Kier molecular flexibility index (Phi) is 10.2. The number of carbonyl (C=O) groups excluding carboxylic acids is 3. The number of amides is 3. The summed E-state index contributed by atoms with van der Waals surface area (Å²) in [7, 11) is -1.66. The van der Waals surface area contributed by atoms with Gasteiger partial charge in [-0.25, -0.2) is 22.0 Å². The first kappa shape index (κ1) is 32.0. The van der Waals surface area contributed by atoms with E-state index in [-0.39, 0.29) is 53.3 Å². The Bertz CT molecular complexity index is 1430. The largest absolute Gasteiger partial charge is 0.496 e. The van der Waals surface area contributed by atoms with E-state index in [1.54, 1.807) is 0 Å². The zero-order chi connectivity index (χ0) is 29.1. The van der Waals surface area contributed by atoms with Gasteiger partial charge in [0, 0.05) is 25.6 Å². The highest BCUT2D eigenvalue weighted by Gasteiger charge is 2.47. The molecule has 2 aromatic rings. The maximum Gasteiger partial charge on any atom is 0.322 e. The number of hydrogen-bond acceptors (Lipinski definition) is 8. The lowest BCUT2D eigenvalue weighted by molar-refractivity contribution is -0.125. The van der Waals surface area contributed by atoms with Gasteiger partial charge in [0.05, 0.1) is 30.4 Å². The fourth-order valence-electron chi connectivity index (χ4n) is 4.84. The highest BCUT2D eigenvalue weighted by Crippen LogP contribution is 2.35. The molecule has 0 saturated carbocycles. The summed E-state index contributed by atoms with van der Waals surface area (Å²) in [5, 5.41) is 5.01. The molecule has 15 heteroatoms. The van der Waals surface area contributed by atoms with E-state index in [9.17, 15) is 31.6 Å². The van der Waals surface area contributed by atoms with Crippen LogP contribution in [-0.4, -0.2) is 70.4 Å². The average Bonchev–Trinajstić information content (AvgIpc) is 3.20. The summed E-state index contributed by atoms with van der Waals surface area (Å²) >= 11 is 0. The standard InChI is InChI=1S/C26H30F2N4O7S.ClH/c1-38-22-15-23(39-2)20(31-40(36,37)16-6-7-18(27)19(28)13-16)14-17(22)21(33)5-3-4-10-32-11-8-26(9-12-32)24(34)29-25(35)30-26;/h6-7,13-15,31H,3-5,8-12H2,1-2H3,(H2,29,30,34,35);1H. The van der Waals surface area contributed by atoms with E-state index in [0.29, 0.717) is 57.5 Å². The summed E-state index contributed by atoms with van der Waals surface area (Å²) in [5.41, 5.74) is -0.769. The van der Waals surface area contributed by atoms with Gasteiger partial charge in [-0.15, -0.1) is 12.4 Å². The van der Waals surface area contributed by atoms with Gasteiger partial charge in [0.25, 0.3) is 15.9 Å². The molecule has 4 rings (SSSR count). The van der Waals surface area contributed by atoms with Gasteiger partial charge in [-0.1, -0.05) is 0 Å². The highest BCUT2D eigenvalue weighted by molar-refractivity contribution is 7.92. The predicted octanol–water partition coefficient (Wildman–Crippen LogP) is 3.23. The quantitative estimate of drug-likeness (QED) is 0.198. The number of imide groups is 1. The molecule has 0 aliphatic carbocycles. The minimum atomic E-state index is -4.34. The van der Waals surface area contributed by atoms with Gasteiger partial charge in [0.2, 0.25) is 0 Å². The average molecular weight is 617 g/mol. The van der Waals surface area contributed by atoms with Crippen LogP contribution in [0.3, 0.4) is 0 Å². The Balaban J connectivity index is 0.00000462. The molecule has 2 heterocycles.